The fourth-order valence-corrected chi connectivity index (χ4v) is 9.16. The number of hydrogen-bond acceptors (Lipinski definition) is 18. The van der Waals surface area contributed by atoms with Crippen molar-refractivity contribution in [3.05, 3.63) is 79.9 Å². The summed E-state index contributed by atoms with van der Waals surface area (Å²) in [5.74, 6) is -4.78. The van der Waals surface area contributed by atoms with Crippen LogP contribution in [0.15, 0.2) is 58.7 Å². The fraction of sp³-hybridized carbons (Fsp3) is 0.635. The van der Waals surface area contributed by atoms with E-state index in [1.165, 1.54) is 33.1 Å². The number of ether oxygens (including phenoxy) is 8. The van der Waals surface area contributed by atoms with Crippen molar-refractivity contribution in [3.8, 4) is 11.5 Å². The average Bonchev–Trinajstić information content (AvgIpc) is 3.32. The first-order chi connectivity index (χ1) is 33.7. The minimum atomic E-state index is -1.61. The van der Waals surface area contributed by atoms with Crippen molar-refractivity contribution >= 4 is 41.1 Å². The third-order valence-electron chi connectivity index (χ3n) is 13.0. The van der Waals surface area contributed by atoms with Crippen molar-refractivity contribution in [2.45, 2.75) is 187 Å². The number of aliphatic hydroxyl groups excluding tert-OH is 5. The highest BCUT2D eigenvalue weighted by Gasteiger charge is 2.53. The predicted octanol–water partition coefficient (Wildman–Crippen LogP) is 6.23. The Bertz CT molecular complexity index is 2220. The summed E-state index contributed by atoms with van der Waals surface area (Å²) in [6, 6.07) is 0. The number of phenols is 2. The van der Waals surface area contributed by atoms with Crippen molar-refractivity contribution < 1.29 is 88.0 Å². The molecule has 3 aliphatic rings. The Labute approximate surface area is 431 Å². The summed E-state index contributed by atoms with van der Waals surface area (Å²) in [6.07, 6.45) is -5.45. The number of cyclic esters (lactones) is 1. The second-order valence-corrected chi connectivity index (χ2v) is 20.1. The van der Waals surface area contributed by atoms with Crippen LogP contribution in [0, 0.1) is 11.8 Å². The van der Waals surface area contributed by atoms with Crippen molar-refractivity contribution in [1.29, 1.82) is 0 Å². The Balaban J connectivity index is 1.61. The molecule has 0 radical (unpaired) electrons. The summed E-state index contributed by atoms with van der Waals surface area (Å²) in [4.78, 5) is 40.0. The van der Waals surface area contributed by atoms with Crippen LogP contribution in [0.4, 0.5) is 0 Å². The standard InChI is InChI=1S/C52H74Cl2O18/c1-13-30-22-26(6)33(56)18-16-15-17-31(23-66-51-45(65-12)42(61)44(29(9)67-51)69-49(64)35-32(14-2)36(53)39(58)37(54)38(35)57)48(63)68-34(28(8)55)20-19-25(5)21-27(7)43(30)70-50-41(60)40(59)46(52(10,11)72-50)71-47(62)24(3)4/h15-17,19,21-22,24,28-30,33-34,40-46,50-51,55-61H,13-14,18,20,23H2,1-12H3/t28?,29-,30?,33?,34?,40-,41+,42+,43?,44-,45+,46+,50-,51-/m1/s1. The molecule has 1 aromatic rings. The predicted molar refractivity (Wildman–Crippen MR) is 265 cm³/mol. The van der Waals surface area contributed by atoms with Crippen LogP contribution in [-0.2, 0) is 53.9 Å². The van der Waals surface area contributed by atoms with E-state index in [-0.39, 0.29) is 35.4 Å². The Morgan fingerprint density at radius 2 is 1.57 bits per heavy atom. The van der Waals surface area contributed by atoms with Crippen molar-refractivity contribution in [2.24, 2.45) is 11.8 Å². The lowest BCUT2D eigenvalue weighted by atomic mass is 9.88. The van der Waals surface area contributed by atoms with Crippen LogP contribution in [0.25, 0.3) is 0 Å². The fourth-order valence-electron chi connectivity index (χ4n) is 8.60. The molecule has 0 bridgehead atoms. The van der Waals surface area contributed by atoms with E-state index in [1.807, 2.05) is 32.9 Å². The van der Waals surface area contributed by atoms with E-state index in [9.17, 15) is 50.1 Å². The molecule has 3 heterocycles. The molecular formula is C52H74Cl2O18. The van der Waals surface area contributed by atoms with E-state index in [4.69, 9.17) is 61.1 Å². The molecule has 0 saturated carbocycles. The summed E-state index contributed by atoms with van der Waals surface area (Å²) in [5.41, 5.74) is 0.318. The highest BCUT2D eigenvalue weighted by Crippen LogP contribution is 2.45. The molecule has 2 fully saturated rings. The second kappa shape index (κ2) is 26.5. The van der Waals surface area contributed by atoms with E-state index in [0.717, 1.165) is 0 Å². The van der Waals surface area contributed by atoms with Crippen LogP contribution in [0.1, 0.15) is 111 Å². The van der Waals surface area contributed by atoms with Gasteiger partial charge in [-0.25, -0.2) is 9.59 Å². The average molecular weight is 1060 g/mol. The van der Waals surface area contributed by atoms with Crippen LogP contribution < -0.4 is 0 Å². The Kier molecular flexibility index (Phi) is 22.4. The second-order valence-electron chi connectivity index (χ2n) is 19.4. The lowest BCUT2D eigenvalue weighted by molar-refractivity contribution is -0.333. The topological polar surface area (TPSA) is 267 Å². The third kappa shape index (κ3) is 14.7. The zero-order chi connectivity index (χ0) is 54.1. The van der Waals surface area contributed by atoms with Gasteiger partial charge in [-0.15, -0.1) is 0 Å². The molecule has 4 rings (SSSR count). The van der Waals surface area contributed by atoms with Crippen LogP contribution in [0.3, 0.4) is 0 Å². The van der Waals surface area contributed by atoms with Crippen LogP contribution in [-0.4, -0.2) is 153 Å². The van der Waals surface area contributed by atoms with Crippen LogP contribution in [0.2, 0.25) is 10.0 Å². The molecule has 0 amide bonds. The maximum Gasteiger partial charge on any atom is 0.342 e. The largest absolute Gasteiger partial charge is 0.505 e. The van der Waals surface area contributed by atoms with Crippen LogP contribution >= 0.6 is 23.2 Å². The van der Waals surface area contributed by atoms with Gasteiger partial charge in [-0.2, -0.15) is 0 Å². The zero-order valence-electron chi connectivity index (χ0n) is 43.0. The summed E-state index contributed by atoms with van der Waals surface area (Å²) in [5, 5.41) is 76.5. The number of halogens is 2. The summed E-state index contributed by atoms with van der Waals surface area (Å²) >= 11 is 12.3. The number of aliphatic hydroxyl groups is 5. The van der Waals surface area contributed by atoms with Gasteiger partial charge in [0.05, 0.1) is 47.5 Å². The number of carbonyl (C=O) groups excluding carboxylic acids is 3. The van der Waals surface area contributed by atoms with E-state index < -0.39 is 144 Å². The number of esters is 3. The smallest absolute Gasteiger partial charge is 0.342 e. The van der Waals surface area contributed by atoms with Gasteiger partial charge in [-0.3, -0.25) is 4.79 Å². The van der Waals surface area contributed by atoms with Crippen molar-refractivity contribution in [3.63, 3.8) is 0 Å². The first-order valence-electron chi connectivity index (χ1n) is 24.2. The van der Waals surface area contributed by atoms with E-state index in [0.29, 0.717) is 23.1 Å². The summed E-state index contributed by atoms with van der Waals surface area (Å²) in [6.45, 7) is 18.1. The van der Waals surface area contributed by atoms with Gasteiger partial charge in [-0.1, -0.05) is 86.9 Å². The molecule has 2 saturated heterocycles. The molecule has 72 heavy (non-hydrogen) atoms. The lowest BCUT2D eigenvalue weighted by Gasteiger charge is -2.47. The molecule has 1 aromatic carbocycles. The van der Waals surface area contributed by atoms with Gasteiger partial charge in [-0.05, 0) is 90.5 Å². The summed E-state index contributed by atoms with van der Waals surface area (Å²) < 4.78 is 47.5. The molecule has 0 spiro atoms. The number of benzene rings is 1. The molecule has 5 unspecified atom stereocenters. The number of aromatic hydroxyl groups is 2. The van der Waals surface area contributed by atoms with Crippen LogP contribution in [0.5, 0.6) is 11.5 Å². The molecule has 7 N–H and O–H groups in total. The molecule has 18 nitrogen and oxygen atoms in total. The minimum Gasteiger partial charge on any atom is -0.505 e. The molecule has 0 aliphatic carbocycles. The van der Waals surface area contributed by atoms with E-state index in [1.54, 1.807) is 53.7 Å². The number of methoxy groups -OCH3 is 1. The van der Waals surface area contributed by atoms with Gasteiger partial charge in [0.25, 0.3) is 0 Å². The highest BCUT2D eigenvalue weighted by molar-refractivity contribution is 6.39. The summed E-state index contributed by atoms with van der Waals surface area (Å²) in [7, 11) is 1.26. The van der Waals surface area contributed by atoms with Crippen molar-refractivity contribution in [2.75, 3.05) is 13.7 Å². The number of carbonyl (C=O) groups is 3. The van der Waals surface area contributed by atoms with Gasteiger partial charge in [0.2, 0.25) is 0 Å². The van der Waals surface area contributed by atoms with Gasteiger partial charge in [0, 0.05) is 19.4 Å². The molecule has 14 atom stereocenters. The van der Waals surface area contributed by atoms with Crippen molar-refractivity contribution in [1.82, 2.24) is 0 Å². The normalized spacial score (nSPS) is 31.5. The van der Waals surface area contributed by atoms with Gasteiger partial charge >= 0.3 is 17.9 Å². The number of phenolic OH excluding ortho intramolecular Hbond substituents is 2. The quantitative estimate of drug-likeness (QED) is 0.0655. The number of hydrogen-bond donors (Lipinski definition) is 7. The zero-order valence-corrected chi connectivity index (χ0v) is 44.5. The highest BCUT2D eigenvalue weighted by atomic mass is 35.5. The van der Waals surface area contributed by atoms with E-state index in [2.05, 4.69) is 0 Å². The maximum absolute atomic E-state index is 13.9. The van der Waals surface area contributed by atoms with Gasteiger partial charge < -0.3 is 73.6 Å². The molecule has 3 aliphatic heterocycles. The number of allylic oxidation sites excluding steroid dienone is 4. The lowest BCUT2D eigenvalue weighted by Crippen LogP contribution is -2.64. The monoisotopic (exact) mass is 1060 g/mol. The van der Waals surface area contributed by atoms with E-state index >= 15 is 0 Å². The van der Waals surface area contributed by atoms with Gasteiger partial charge in [0.15, 0.2) is 36.3 Å². The van der Waals surface area contributed by atoms with Gasteiger partial charge in [0.1, 0.15) is 46.7 Å². The Hall–Kier alpha value is -3.89. The maximum atomic E-state index is 13.9. The third-order valence-corrected chi connectivity index (χ3v) is 13.8. The minimum absolute atomic E-state index is 0.0372. The first-order valence-corrected chi connectivity index (χ1v) is 24.9. The molecule has 20 heteroatoms. The Morgan fingerprint density at radius 3 is 2.17 bits per heavy atom. The SMILES string of the molecule is CCc1c(Cl)c(O)c(Cl)c(O)c1C(=O)O[C@H]1[C@H](O)[C@H](OC)[C@H](OCC2=CC=CCC(O)C(C)=CC(CC)C(O[C@@H]3OC(C)(C)[C@@H](OC(=O)C(C)C)[C@H](O)[C@@H]3O)C(C)=CC(C)=CCC(C(C)O)OC2=O)O[C@@H]1C. The first kappa shape index (κ1) is 60.7. The number of rotatable bonds is 13. The molecule has 0 aromatic heterocycles. The molecular weight excluding hydrogens is 983 g/mol. The molecule has 404 valence electrons. The Morgan fingerprint density at radius 1 is 0.903 bits per heavy atom.